The van der Waals surface area contributed by atoms with Crippen molar-refractivity contribution in [3.8, 4) is 5.75 Å². The highest BCUT2D eigenvalue weighted by atomic mass is 32.2. The van der Waals surface area contributed by atoms with E-state index in [9.17, 15) is 18.4 Å². The Kier molecular flexibility index (Phi) is 7.37. The Morgan fingerprint density at radius 2 is 1.73 bits per heavy atom. The molecular weight excluding hydrogens is 442 g/mol. The second-order valence-corrected chi connectivity index (χ2v) is 9.43. The number of ether oxygens (including phenoxy) is 1. The molecule has 0 aromatic heterocycles. The molecule has 0 aliphatic rings. The number of nitrogens with zero attached hydrogens (tertiary/aromatic N) is 2. The summed E-state index contributed by atoms with van der Waals surface area (Å²) < 4.78 is 31.5. The second kappa shape index (κ2) is 10.0. The van der Waals surface area contributed by atoms with Gasteiger partial charge in [-0.05, 0) is 66.4 Å². The van der Waals surface area contributed by atoms with Crippen LogP contribution >= 0.6 is 0 Å². The minimum atomic E-state index is -4.29. The van der Waals surface area contributed by atoms with Crippen LogP contribution in [0.5, 0.6) is 5.75 Å². The van der Waals surface area contributed by atoms with E-state index in [0.29, 0.717) is 17.7 Å². The number of hydrogen-bond donors (Lipinski definition) is 2. The molecule has 0 fully saturated rings. The molecule has 8 nitrogen and oxygen atoms in total. The topological polar surface area (TPSA) is 99.2 Å². The smallest absolute Gasteiger partial charge is 0.293 e. The number of anilines is 1. The number of amides is 1. The summed E-state index contributed by atoms with van der Waals surface area (Å²) in [6, 6.07) is 18.9. The van der Waals surface area contributed by atoms with Gasteiger partial charge in [-0.15, -0.1) is 5.17 Å². The summed E-state index contributed by atoms with van der Waals surface area (Å²) in [5.74, 6) is -0.406. The highest BCUT2D eigenvalue weighted by Crippen LogP contribution is 2.25. The Bertz CT molecular complexity index is 1240. The second-order valence-electron chi connectivity index (χ2n) is 7.80. The first-order chi connectivity index (χ1) is 15.6. The molecule has 3 rings (SSSR count). The zero-order valence-electron chi connectivity index (χ0n) is 18.9. The van der Waals surface area contributed by atoms with Gasteiger partial charge in [0.05, 0.1) is 12.0 Å². The largest absolute Gasteiger partial charge is 0.497 e. The van der Waals surface area contributed by atoms with Gasteiger partial charge in [-0.1, -0.05) is 35.2 Å². The summed E-state index contributed by atoms with van der Waals surface area (Å²) in [7, 11) is 0.846. The predicted molar refractivity (Wildman–Crippen MR) is 126 cm³/mol. The predicted octanol–water partition coefficient (Wildman–Crippen LogP) is 3.39. The number of carbonyl (C=O) groups is 1. The van der Waals surface area contributed by atoms with Crippen molar-refractivity contribution in [3.05, 3.63) is 89.0 Å². The van der Waals surface area contributed by atoms with Crippen molar-refractivity contribution in [1.82, 2.24) is 10.0 Å². The molecule has 3 aromatic carbocycles. The third-order valence-corrected chi connectivity index (χ3v) is 6.41. The monoisotopic (exact) mass is 469 g/mol. The molecular formula is C24H27N3O5S. The van der Waals surface area contributed by atoms with Crippen molar-refractivity contribution >= 4 is 21.6 Å². The number of hydroxylamine groups is 1. The maximum absolute atomic E-state index is 13.1. The number of hydrazine groups is 1. The Morgan fingerprint density at radius 3 is 2.36 bits per heavy atom. The molecule has 0 bridgehead atoms. The Labute approximate surface area is 194 Å². The normalized spacial score (nSPS) is 11.2. The third-order valence-electron chi connectivity index (χ3n) is 5.02. The molecule has 9 heteroatoms. The number of benzene rings is 3. The maximum atomic E-state index is 13.1. The number of nitrogens with one attached hydrogen (secondary N) is 1. The molecule has 2 N–H and O–H groups in total. The van der Waals surface area contributed by atoms with E-state index in [-0.39, 0.29) is 15.6 Å². The van der Waals surface area contributed by atoms with Crippen LogP contribution in [0.25, 0.3) is 0 Å². The summed E-state index contributed by atoms with van der Waals surface area (Å²) in [4.78, 5) is 16.5. The maximum Gasteiger partial charge on any atom is 0.293 e. The molecule has 0 aliphatic heterocycles. The van der Waals surface area contributed by atoms with E-state index >= 15 is 0 Å². The molecule has 0 heterocycles. The van der Waals surface area contributed by atoms with Crippen molar-refractivity contribution in [2.45, 2.75) is 18.2 Å². The van der Waals surface area contributed by atoms with Gasteiger partial charge < -0.3 is 9.64 Å². The first-order valence-electron chi connectivity index (χ1n) is 10.2. The van der Waals surface area contributed by atoms with E-state index in [4.69, 9.17) is 4.74 Å². The van der Waals surface area contributed by atoms with Crippen LogP contribution in [0.3, 0.4) is 0 Å². The van der Waals surface area contributed by atoms with Crippen LogP contribution in [-0.2, 0) is 16.4 Å². The van der Waals surface area contributed by atoms with Gasteiger partial charge in [-0.2, -0.15) is 0 Å². The van der Waals surface area contributed by atoms with Crippen molar-refractivity contribution in [3.63, 3.8) is 0 Å². The summed E-state index contributed by atoms with van der Waals surface area (Å²) >= 11 is 0. The number of sulfonamides is 1. The van der Waals surface area contributed by atoms with Crippen LogP contribution in [0, 0.1) is 6.92 Å². The number of methoxy groups -OCH3 is 1. The number of hydrogen-bond acceptors (Lipinski definition) is 6. The van der Waals surface area contributed by atoms with Gasteiger partial charge in [0.1, 0.15) is 5.75 Å². The SMILES string of the molecule is COc1ccc(S(=O)(=O)NN(O)C(=O)c2cc(C)cc(N(C)C)c2)c(Cc2ccccc2)c1. The minimum Gasteiger partial charge on any atom is -0.497 e. The molecule has 0 saturated heterocycles. The van der Waals surface area contributed by atoms with Crippen molar-refractivity contribution < 1.29 is 23.2 Å². The average molecular weight is 470 g/mol. The zero-order chi connectivity index (χ0) is 24.2. The van der Waals surface area contributed by atoms with Gasteiger partial charge in [-0.25, -0.2) is 8.42 Å². The minimum absolute atomic E-state index is 0.0000753. The van der Waals surface area contributed by atoms with E-state index in [0.717, 1.165) is 16.8 Å². The number of rotatable bonds is 8. The van der Waals surface area contributed by atoms with Crippen LogP contribution in [-0.4, -0.2) is 45.9 Å². The molecule has 0 radical (unpaired) electrons. The fourth-order valence-electron chi connectivity index (χ4n) is 3.37. The molecule has 0 aliphatic carbocycles. The molecule has 0 saturated carbocycles. The molecule has 0 unspecified atom stereocenters. The summed E-state index contributed by atoms with van der Waals surface area (Å²) in [6.07, 6.45) is 0.317. The van der Waals surface area contributed by atoms with Crippen LogP contribution in [0.15, 0.2) is 71.6 Å². The van der Waals surface area contributed by atoms with Gasteiger partial charge in [-0.3, -0.25) is 10.0 Å². The van der Waals surface area contributed by atoms with E-state index in [2.05, 4.69) is 0 Å². The zero-order valence-corrected chi connectivity index (χ0v) is 19.8. The van der Waals surface area contributed by atoms with Crippen LogP contribution in [0.1, 0.15) is 27.0 Å². The van der Waals surface area contributed by atoms with Gasteiger partial charge in [0.25, 0.3) is 15.9 Å². The van der Waals surface area contributed by atoms with Gasteiger partial charge >= 0.3 is 0 Å². The lowest BCUT2D eigenvalue weighted by Gasteiger charge is -2.20. The summed E-state index contributed by atoms with van der Waals surface area (Å²) in [5.41, 5.74) is 3.04. The number of carbonyl (C=O) groups excluding carboxylic acids is 1. The van der Waals surface area contributed by atoms with E-state index in [1.54, 1.807) is 18.2 Å². The standard InChI is InChI=1S/C24H27N3O5S/c1-17-12-20(15-21(13-17)26(2)3)24(28)27(29)25-33(30,31)23-11-10-22(32-4)16-19(23)14-18-8-6-5-7-9-18/h5-13,15-16,25,29H,14H2,1-4H3. The number of aryl methyl sites for hydroxylation is 1. The first-order valence-corrected chi connectivity index (χ1v) is 11.6. The van der Waals surface area contributed by atoms with Gasteiger partial charge in [0.2, 0.25) is 0 Å². The fraction of sp³-hybridized carbons (Fsp3) is 0.208. The molecule has 174 valence electrons. The van der Waals surface area contributed by atoms with E-state index in [1.165, 1.54) is 19.2 Å². The molecule has 33 heavy (non-hydrogen) atoms. The van der Waals surface area contributed by atoms with Crippen molar-refractivity contribution in [2.75, 3.05) is 26.1 Å². The van der Waals surface area contributed by atoms with Crippen LogP contribution in [0.2, 0.25) is 0 Å². The lowest BCUT2D eigenvalue weighted by Crippen LogP contribution is -2.44. The Hall–Kier alpha value is -3.40. The molecule has 1 amide bonds. The summed E-state index contributed by atoms with van der Waals surface area (Å²) in [5, 5.41) is 10.3. The van der Waals surface area contributed by atoms with Crippen LogP contribution in [0.4, 0.5) is 5.69 Å². The van der Waals surface area contributed by atoms with Crippen molar-refractivity contribution in [1.29, 1.82) is 0 Å². The highest BCUT2D eigenvalue weighted by molar-refractivity contribution is 7.89. The Balaban J connectivity index is 1.90. The van der Waals surface area contributed by atoms with E-state index in [1.807, 2.05) is 67.1 Å². The summed E-state index contributed by atoms with van der Waals surface area (Å²) in [6.45, 7) is 1.81. The third kappa shape index (κ3) is 5.89. The molecule has 0 atom stereocenters. The molecule has 3 aromatic rings. The Morgan fingerprint density at radius 1 is 1.03 bits per heavy atom. The first kappa shape index (κ1) is 24.2. The van der Waals surface area contributed by atoms with Gasteiger partial charge in [0, 0.05) is 25.3 Å². The van der Waals surface area contributed by atoms with E-state index < -0.39 is 15.9 Å². The highest BCUT2D eigenvalue weighted by Gasteiger charge is 2.25. The quantitative estimate of drug-likeness (QED) is 0.388. The lowest BCUT2D eigenvalue weighted by molar-refractivity contribution is -0.0761. The van der Waals surface area contributed by atoms with Crippen LogP contribution < -0.4 is 14.5 Å². The average Bonchev–Trinajstić information content (AvgIpc) is 2.78. The molecule has 0 spiro atoms. The van der Waals surface area contributed by atoms with Gasteiger partial charge in [0.15, 0.2) is 0 Å². The van der Waals surface area contributed by atoms with Crippen molar-refractivity contribution in [2.24, 2.45) is 0 Å². The fourth-order valence-corrected chi connectivity index (χ4v) is 4.50. The lowest BCUT2D eigenvalue weighted by atomic mass is 10.0.